The van der Waals surface area contributed by atoms with E-state index in [1.807, 2.05) is 24.3 Å². The summed E-state index contributed by atoms with van der Waals surface area (Å²) in [5, 5.41) is 4.05. The van der Waals surface area contributed by atoms with E-state index < -0.39 is 0 Å². The molecule has 1 amide bonds. The fraction of sp³-hybridized carbons (Fsp3) is 0.333. The third-order valence-corrected chi connectivity index (χ3v) is 3.12. The Bertz CT molecular complexity index is 520. The van der Waals surface area contributed by atoms with E-state index >= 15 is 0 Å². The molecule has 7 heteroatoms. The summed E-state index contributed by atoms with van der Waals surface area (Å²) in [5.41, 5.74) is 6.82. The highest BCUT2D eigenvalue weighted by Crippen LogP contribution is 2.02. The zero-order chi connectivity index (χ0) is 14.2. The van der Waals surface area contributed by atoms with E-state index in [9.17, 15) is 4.79 Å². The minimum atomic E-state index is 0. The minimum Gasteiger partial charge on any atom is -0.339 e. The highest BCUT2D eigenvalue weighted by atomic mass is 35.5. The molecule has 0 saturated heterocycles. The number of nitrogens with two attached hydrogens (primary N) is 1. The van der Waals surface area contributed by atoms with E-state index in [2.05, 4.69) is 17.2 Å². The van der Waals surface area contributed by atoms with Crippen LogP contribution in [0.4, 0.5) is 0 Å². The van der Waals surface area contributed by atoms with Gasteiger partial charge in [0.15, 0.2) is 0 Å². The molecule has 0 bridgehead atoms. The second-order valence-corrected chi connectivity index (χ2v) is 4.61. The molecule has 2 aromatic rings. The van der Waals surface area contributed by atoms with Gasteiger partial charge < -0.3 is 10.6 Å². The van der Waals surface area contributed by atoms with Crippen LogP contribution in [0.15, 0.2) is 48.8 Å². The number of hydrogen-bond acceptors (Lipinski definition) is 3. The fourth-order valence-corrected chi connectivity index (χ4v) is 2.06. The van der Waals surface area contributed by atoms with Gasteiger partial charge in [-0.2, -0.15) is 5.10 Å². The lowest BCUT2D eigenvalue weighted by Gasteiger charge is -2.22. The molecule has 0 aliphatic heterocycles. The Morgan fingerprint density at radius 1 is 1.14 bits per heavy atom. The van der Waals surface area contributed by atoms with Gasteiger partial charge in [-0.25, -0.2) is 0 Å². The second kappa shape index (κ2) is 11.1. The largest absolute Gasteiger partial charge is 0.339 e. The first kappa shape index (κ1) is 20.4. The summed E-state index contributed by atoms with van der Waals surface area (Å²) in [6, 6.07) is 12.0. The SMILES string of the molecule is Cl.Cl.NCCN(CCc1ccccc1)C(=O)Cn1cccn1. The van der Waals surface area contributed by atoms with Crippen molar-refractivity contribution in [3.63, 3.8) is 0 Å². The Labute approximate surface area is 143 Å². The van der Waals surface area contributed by atoms with Gasteiger partial charge >= 0.3 is 0 Å². The minimum absolute atomic E-state index is 0. The molecule has 0 atom stereocenters. The Hall–Kier alpha value is -1.56. The van der Waals surface area contributed by atoms with Crippen LogP contribution in [0.2, 0.25) is 0 Å². The average Bonchev–Trinajstić information content (AvgIpc) is 2.97. The first-order valence-corrected chi connectivity index (χ1v) is 6.79. The van der Waals surface area contributed by atoms with Crippen LogP contribution in [-0.4, -0.2) is 40.2 Å². The van der Waals surface area contributed by atoms with E-state index in [0.717, 1.165) is 6.42 Å². The van der Waals surface area contributed by atoms with Crippen LogP contribution in [0.1, 0.15) is 5.56 Å². The lowest BCUT2D eigenvalue weighted by Crippen LogP contribution is -2.39. The van der Waals surface area contributed by atoms with E-state index in [1.165, 1.54) is 5.56 Å². The number of nitrogens with zero attached hydrogens (tertiary/aromatic N) is 3. The molecule has 1 heterocycles. The maximum atomic E-state index is 12.2. The third-order valence-electron chi connectivity index (χ3n) is 3.12. The Morgan fingerprint density at radius 3 is 2.45 bits per heavy atom. The summed E-state index contributed by atoms with van der Waals surface area (Å²) in [7, 11) is 0. The van der Waals surface area contributed by atoms with Crippen LogP contribution >= 0.6 is 24.8 Å². The van der Waals surface area contributed by atoms with E-state index in [0.29, 0.717) is 19.6 Å². The molecule has 1 aromatic heterocycles. The van der Waals surface area contributed by atoms with Crippen molar-refractivity contribution in [2.24, 2.45) is 5.73 Å². The number of rotatable bonds is 7. The first-order valence-electron chi connectivity index (χ1n) is 6.79. The van der Waals surface area contributed by atoms with E-state index in [-0.39, 0.29) is 37.3 Å². The van der Waals surface area contributed by atoms with Gasteiger partial charge in [0.25, 0.3) is 0 Å². The molecule has 0 aliphatic rings. The first-order chi connectivity index (χ1) is 9.79. The molecular weight excluding hydrogens is 323 g/mol. The number of carbonyl (C=O) groups is 1. The molecule has 0 aliphatic carbocycles. The van der Waals surface area contributed by atoms with Crippen LogP contribution in [0.5, 0.6) is 0 Å². The van der Waals surface area contributed by atoms with Crippen molar-refractivity contribution >= 4 is 30.7 Å². The molecule has 0 saturated carbocycles. The maximum absolute atomic E-state index is 12.2. The van der Waals surface area contributed by atoms with Crippen molar-refractivity contribution in [2.45, 2.75) is 13.0 Å². The quantitative estimate of drug-likeness (QED) is 0.832. The van der Waals surface area contributed by atoms with Crippen LogP contribution in [0.25, 0.3) is 0 Å². The molecule has 0 spiro atoms. The number of halogens is 2. The monoisotopic (exact) mass is 344 g/mol. The van der Waals surface area contributed by atoms with E-state index in [1.54, 1.807) is 22.0 Å². The van der Waals surface area contributed by atoms with Crippen LogP contribution < -0.4 is 5.73 Å². The van der Waals surface area contributed by atoms with Gasteiger partial charge in [-0.15, -0.1) is 24.8 Å². The van der Waals surface area contributed by atoms with Crippen LogP contribution in [-0.2, 0) is 17.8 Å². The average molecular weight is 345 g/mol. The summed E-state index contributed by atoms with van der Waals surface area (Å²) in [4.78, 5) is 14.0. The lowest BCUT2D eigenvalue weighted by molar-refractivity contribution is -0.131. The van der Waals surface area contributed by atoms with Crippen molar-refractivity contribution in [3.05, 3.63) is 54.4 Å². The predicted octanol–water partition coefficient (Wildman–Crippen LogP) is 1.76. The van der Waals surface area contributed by atoms with Crippen LogP contribution in [0, 0.1) is 0 Å². The second-order valence-electron chi connectivity index (χ2n) is 4.61. The van der Waals surface area contributed by atoms with Gasteiger partial charge in [-0.1, -0.05) is 30.3 Å². The molecular formula is C15H22Cl2N4O. The van der Waals surface area contributed by atoms with Crippen LogP contribution in [0.3, 0.4) is 0 Å². The molecule has 2 rings (SSSR count). The van der Waals surface area contributed by atoms with Crippen molar-refractivity contribution in [3.8, 4) is 0 Å². The summed E-state index contributed by atoms with van der Waals surface area (Å²) in [5.74, 6) is 0.0510. The number of carbonyl (C=O) groups excluding carboxylic acids is 1. The lowest BCUT2D eigenvalue weighted by atomic mass is 10.1. The Morgan fingerprint density at radius 2 is 1.86 bits per heavy atom. The zero-order valence-corrected chi connectivity index (χ0v) is 13.9. The summed E-state index contributed by atoms with van der Waals surface area (Å²) < 4.78 is 1.63. The molecule has 0 fully saturated rings. The van der Waals surface area contributed by atoms with Crippen molar-refractivity contribution in [1.82, 2.24) is 14.7 Å². The molecule has 0 radical (unpaired) electrons. The number of aromatic nitrogens is 2. The normalized spacial score (nSPS) is 9.50. The van der Waals surface area contributed by atoms with Crippen molar-refractivity contribution in [1.29, 1.82) is 0 Å². The molecule has 5 nitrogen and oxygen atoms in total. The summed E-state index contributed by atoms with van der Waals surface area (Å²) >= 11 is 0. The predicted molar refractivity (Wildman–Crippen MR) is 92.5 cm³/mol. The topological polar surface area (TPSA) is 64.2 Å². The number of hydrogen-bond donors (Lipinski definition) is 1. The van der Waals surface area contributed by atoms with Crippen molar-refractivity contribution < 1.29 is 4.79 Å². The highest BCUT2D eigenvalue weighted by Gasteiger charge is 2.13. The molecule has 0 unspecified atom stereocenters. The smallest absolute Gasteiger partial charge is 0.244 e. The van der Waals surface area contributed by atoms with E-state index in [4.69, 9.17) is 5.73 Å². The van der Waals surface area contributed by atoms with Gasteiger partial charge in [0.05, 0.1) is 0 Å². The summed E-state index contributed by atoms with van der Waals surface area (Å²) in [6.07, 6.45) is 4.30. The van der Waals surface area contributed by atoms with Gasteiger partial charge in [-0.05, 0) is 18.1 Å². The highest BCUT2D eigenvalue weighted by molar-refractivity contribution is 5.85. The number of amides is 1. The zero-order valence-electron chi connectivity index (χ0n) is 12.3. The Balaban J connectivity index is 0.00000220. The molecule has 22 heavy (non-hydrogen) atoms. The van der Waals surface area contributed by atoms with Gasteiger partial charge in [0.2, 0.25) is 5.91 Å². The fourth-order valence-electron chi connectivity index (χ4n) is 2.06. The summed E-state index contributed by atoms with van der Waals surface area (Å²) in [6.45, 7) is 2.00. The molecule has 122 valence electrons. The van der Waals surface area contributed by atoms with Crippen molar-refractivity contribution in [2.75, 3.05) is 19.6 Å². The molecule has 2 N–H and O–H groups in total. The number of benzene rings is 1. The molecule has 1 aromatic carbocycles. The maximum Gasteiger partial charge on any atom is 0.244 e. The van der Waals surface area contributed by atoms with Gasteiger partial charge in [0, 0.05) is 32.0 Å². The third kappa shape index (κ3) is 6.47. The Kier molecular flexibility index (Phi) is 10.3. The standard InChI is InChI=1S/C15H20N4O.2ClH/c16-8-12-18(11-7-14-5-2-1-3-6-14)15(20)13-19-10-4-9-17-19;;/h1-6,9-10H,7-8,11-13,16H2;2*1H. The van der Waals surface area contributed by atoms with Gasteiger partial charge in [0.1, 0.15) is 6.54 Å². The van der Waals surface area contributed by atoms with Gasteiger partial charge in [-0.3, -0.25) is 9.48 Å².